The van der Waals surface area contributed by atoms with Gasteiger partial charge in [-0.2, -0.15) is 0 Å². The molecule has 0 aromatic heterocycles. The zero-order chi connectivity index (χ0) is 13.1. The molecule has 1 fully saturated rings. The normalized spacial score (nSPS) is 24.7. The summed E-state index contributed by atoms with van der Waals surface area (Å²) in [5.74, 6) is 0.531. The Kier molecular flexibility index (Phi) is 4.91. The Morgan fingerprint density at radius 2 is 2.11 bits per heavy atom. The van der Waals surface area contributed by atoms with Crippen LogP contribution < -0.4 is 0 Å². The lowest BCUT2D eigenvalue weighted by atomic mass is 9.78. The second-order valence-electron chi connectivity index (χ2n) is 4.83. The van der Waals surface area contributed by atoms with E-state index in [-0.39, 0.29) is 0 Å². The number of hydrogen-bond acceptors (Lipinski definition) is 2. The average molecular weight is 289 g/mol. The second-order valence-corrected chi connectivity index (χ2v) is 5.68. The molecule has 1 aliphatic rings. The van der Waals surface area contributed by atoms with Crippen molar-refractivity contribution in [1.29, 1.82) is 0 Å². The van der Waals surface area contributed by atoms with Gasteiger partial charge in [-0.05, 0) is 49.8 Å². The van der Waals surface area contributed by atoms with Gasteiger partial charge in [0.15, 0.2) is 0 Å². The molecule has 1 aromatic carbocycles. The zero-order valence-corrected chi connectivity index (χ0v) is 11.9. The monoisotopic (exact) mass is 288 g/mol. The number of benzene rings is 1. The molecule has 0 aliphatic heterocycles. The zero-order valence-electron chi connectivity index (χ0n) is 10.4. The van der Waals surface area contributed by atoms with E-state index < -0.39 is 6.10 Å². The highest BCUT2D eigenvalue weighted by Gasteiger charge is 2.31. The van der Waals surface area contributed by atoms with Crippen molar-refractivity contribution in [1.82, 2.24) is 0 Å². The summed E-state index contributed by atoms with van der Waals surface area (Å²) in [4.78, 5) is 0. The molecule has 100 valence electrons. The molecule has 1 saturated carbocycles. The van der Waals surface area contributed by atoms with Crippen LogP contribution in [0.1, 0.15) is 37.9 Å². The molecule has 0 spiro atoms. The topological polar surface area (TPSA) is 29.5 Å². The Balaban J connectivity index is 1.87. The van der Waals surface area contributed by atoms with Gasteiger partial charge < -0.3 is 9.84 Å². The van der Waals surface area contributed by atoms with Crippen molar-refractivity contribution >= 4 is 23.2 Å². The van der Waals surface area contributed by atoms with E-state index in [2.05, 4.69) is 0 Å². The molecule has 0 bridgehead atoms. The van der Waals surface area contributed by atoms with Crippen LogP contribution in [0.3, 0.4) is 0 Å². The Bertz CT molecular complexity index is 403. The maximum Gasteiger partial charge on any atom is 0.0807 e. The van der Waals surface area contributed by atoms with Crippen molar-refractivity contribution in [2.75, 3.05) is 6.61 Å². The fourth-order valence-corrected chi connectivity index (χ4v) is 2.99. The van der Waals surface area contributed by atoms with Gasteiger partial charge in [0.1, 0.15) is 0 Å². The number of aliphatic hydroxyl groups is 1. The summed E-state index contributed by atoms with van der Waals surface area (Å²) < 4.78 is 5.51. The second kappa shape index (κ2) is 6.25. The Labute approximate surface area is 118 Å². The summed E-state index contributed by atoms with van der Waals surface area (Å²) in [5.41, 5.74) is 0.765. The van der Waals surface area contributed by atoms with Gasteiger partial charge in [-0.25, -0.2) is 0 Å². The highest BCUT2D eigenvalue weighted by Crippen LogP contribution is 2.38. The van der Waals surface area contributed by atoms with Crippen molar-refractivity contribution in [3.8, 4) is 0 Å². The quantitative estimate of drug-likeness (QED) is 0.879. The van der Waals surface area contributed by atoms with Gasteiger partial charge in [0.25, 0.3) is 0 Å². The van der Waals surface area contributed by atoms with Gasteiger partial charge in [-0.1, -0.05) is 29.3 Å². The largest absolute Gasteiger partial charge is 0.388 e. The SMILES string of the molecule is CCOC1CC(CC(O)c2ccc(Cl)cc2Cl)C1. The maximum atomic E-state index is 10.2. The third-order valence-electron chi connectivity index (χ3n) is 3.47. The van der Waals surface area contributed by atoms with Gasteiger partial charge in [0.2, 0.25) is 0 Å². The molecule has 0 saturated heterocycles. The van der Waals surface area contributed by atoms with E-state index >= 15 is 0 Å². The van der Waals surface area contributed by atoms with Gasteiger partial charge in [-0.15, -0.1) is 0 Å². The van der Waals surface area contributed by atoms with Crippen LogP contribution in [-0.4, -0.2) is 17.8 Å². The number of halogens is 2. The molecule has 1 N–H and O–H groups in total. The molecule has 18 heavy (non-hydrogen) atoms. The van der Waals surface area contributed by atoms with Gasteiger partial charge in [0, 0.05) is 16.7 Å². The van der Waals surface area contributed by atoms with E-state index in [4.69, 9.17) is 27.9 Å². The summed E-state index contributed by atoms with van der Waals surface area (Å²) in [7, 11) is 0. The Hall–Kier alpha value is -0.280. The highest BCUT2D eigenvalue weighted by molar-refractivity contribution is 6.35. The predicted octanol–water partition coefficient (Wildman–Crippen LogP) is 4.23. The molecule has 1 aromatic rings. The maximum absolute atomic E-state index is 10.2. The van der Waals surface area contributed by atoms with E-state index in [1.807, 2.05) is 6.92 Å². The van der Waals surface area contributed by atoms with Crippen molar-refractivity contribution < 1.29 is 9.84 Å². The minimum atomic E-state index is -0.512. The van der Waals surface area contributed by atoms with Crippen LogP contribution in [0, 0.1) is 5.92 Å². The van der Waals surface area contributed by atoms with Crippen LogP contribution in [-0.2, 0) is 4.74 Å². The first-order valence-electron chi connectivity index (χ1n) is 6.34. The molecule has 2 rings (SSSR count). The molecule has 2 nitrogen and oxygen atoms in total. The first-order valence-corrected chi connectivity index (χ1v) is 7.10. The summed E-state index contributed by atoms with van der Waals surface area (Å²) in [6.45, 7) is 2.78. The van der Waals surface area contributed by atoms with E-state index in [0.717, 1.165) is 31.4 Å². The summed E-state index contributed by atoms with van der Waals surface area (Å²) >= 11 is 11.9. The standard InChI is InChI=1S/C14H18Cl2O2/c1-2-18-11-5-9(6-11)7-14(17)12-4-3-10(15)8-13(12)16/h3-4,8-9,11,14,17H,2,5-7H2,1H3. The lowest BCUT2D eigenvalue weighted by Gasteiger charge is -2.36. The molecule has 0 radical (unpaired) electrons. The van der Waals surface area contributed by atoms with Crippen molar-refractivity contribution in [2.24, 2.45) is 5.92 Å². The predicted molar refractivity (Wildman–Crippen MR) is 74.2 cm³/mol. The average Bonchev–Trinajstić information content (AvgIpc) is 2.26. The smallest absolute Gasteiger partial charge is 0.0807 e. The van der Waals surface area contributed by atoms with Crippen LogP contribution in [0.2, 0.25) is 10.0 Å². The molecule has 1 unspecified atom stereocenters. The molecule has 0 amide bonds. The molecule has 1 aliphatic carbocycles. The summed E-state index contributed by atoms with van der Waals surface area (Å²) in [6.07, 6.45) is 2.69. The highest BCUT2D eigenvalue weighted by atomic mass is 35.5. The van der Waals surface area contributed by atoms with E-state index in [9.17, 15) is 5.11 Å². The van der Waals surface area contributed by atoms with Crippen LogP contribution in [0.15, 0.2) is 18.2 Å². The van der Waals surface area contributed by atoms with Crippen LogP contribution in [0.5, 0.6) is 0 Å². The van der Waals surface area contributed by atoms with Crippen molar-refractivity contribution in [3.63, 3.8) is 0 Å². The molecule has 0 heterocycles. The third-order valence-corrected chi connectivity index (χ3v) is 4.04. The molecular formula is C14H18Cl2O2. The van der Waals surface area contributed by atoms with E-state index in [1.165, 1.54) is 0 Å². The number of hydrogen-bond donors (Lipinski definition) is 1. The lowest BCUT2D eigenvalue weighted by molar-refractivity contribution is -0.0380. The fourth-order valence-electron chi connectivity index (χ4n) is 2.45. The molecular weight excluding hydrogens is 271 g/mol. The first-order chi connectivity index (χ1) is 8.60. The Morgan fingerprint density at radius 3 is 2.72 bits per heavy atom. The third kappa shape index (κ3) is 3.39. The van der Waals surface area contributed by atoms with Crippen LogP contribution in [0.4, 0.5) is 0 Å². The minimum Gasteiger partial charge on any atom is -0.388 e. The molecule has 4 heteroatoms. The number of rotatable bonds is 5. The number of ether oxygens (including phenoxy) is 1. The Morgan fingerprint density at radius 1 is 1.39 bits per heavy atom. The lowest BCUT2D eigenvalue weighted by Crippen LogP contribution is -2.32. The summed E-state index contributed by atoms with van der Waals surface area (Å²) in [6, 6.07) is 5.23. The van der Waals surface area contributed by atoms with Gasteiger partial charge in [-0.3, -0.25) is 0 Å². The van der Waals surface area contributed by atoms with Gasteiger partial charge >= 0.3 is 0 Å². The van der Waals surface area contributed by atoms with Crippen molar-refractivity contribution in [2.45, 2.75) is 38.4 Å². The minimum absolute atomic E-state index is 0.382. The van der Waals surface area contributed by atoms with Crippen molar-refractivity contribution in [3.05, 3.63) is 33.8 Å². The van der Waals surface area contributed by atoms with E-state index in [0.29, 0.717) is 22.1 Å². The number of aliphatic hydroxyl groups excluding tert-OH is 1. The van der Waals surface area contributed by atoms with E-state index in [1.54, 1.807) is 18.2 Å². The van der Waals surface area contributed by atoms with Crippen LogP contribution in [0.25, 0.3) is 0 Å². The summed E-state index contributed by atoms with van der Waals surface area (Å²) in [5, 5.41) is 11.3. The molecule has 1 atom stereocenters. The fraction of sp³-hybridized carbons (Fsp3) is 0.571. The van der Waals surface area contributed by atoms with Crippen LogP contribution >= 0.6 is 23.2 Å². The first kappa shape index (κ1) is 14.1. The van der Waals surface area contributed by atoms with Gasteiger partial charge in [0.05, 0.1) is 12.2 Å².